The maximum atomic E-state index is 13.4. The summed E-state index contributed by atoms with van der Waals surface area (Å²) in [7, 11) is 1.88. The highest BCUT2D eigenvalue weighted by molar-refractivity contribution is 5.94. The fourth-order valence-corrected chi connectivity index (χ4v) is 8.54. The molecule has 41 heavy (non-hydrogen) atoms. The number of aromatic hydroxyl groups is 1. The van der Waals surface area contributed by atoms with Crippen molar-refractivity contribution in [3.8, 4) is 23.3 Å². The van der Waals surface area contributed by atoms with Crippen LogP contribution in [-0.4, -0.2) is 59.1 Å². The summed E-state index contributed by atoms with van der Waals surface area (Å²) in [6.45, 7) is 6.20. The number of likely N-dealkylation sites (N-methyl/N-ethyl adjacent to an activating group) is 1. The van der Waals surface area contributed by atoms with Crippen LogP contribution in [0, 0.1) is 31.6 Å². The molecular formula is C36H38N2O3. The summed E-state index contributed by atoms with van der Waals surface area (Å²) in [5.41, 5.74) is 6.89. The van der Waals surface area contributed by atoms with Crippen molar-refractivity contribution >= 4 is 5.91 Å². The minimum absolute atomic E-state index is 0.0971. The highest BCUT2D eigenvalue weighted by Gasteiger charge is 2.66. The molecule has 2 bridgehead atoms. The summed E-state index contributed by atoms with van der Waals surface area (Å²) < 4.78 is 6.78. The fraction of sp³-hybridized carbons (Fsp3) is 0.417. The summed E-state index contributed by atoms with van der Waals surface area (Å²) in [4.78, 5) is 18.0. The third-order valence-corrected chi connectivity index (χ3v) is 10.4. The molecule has 1 saturated heterocycles. The lowest BCUT2D eigenvalue weighted by molar-refractivity contribution is -0.134. The van der Waals surface area contributed by atoms with Gasteiger partial charge in [0, 0.05) is 42.1 Å². The topological polar surface area (TPSA) is 53.0 Å². The highest BCUT2D eigenvalue weighted by Crippen LogP contribution is 2.64. The van der Waals surface area contributed by atoms with Gasteiger partial charge in [-0.15, -0.1) is 0 Å². The van der Waals surface area contributed by atoms with Crippen molar-refractivity contribution in [2.75, 3.05) is 20.1 Å². The number of phenols is 1. The number of carbonyl (C=O) groups is 1. The van der Waals surface area contributed by atoms with Crippen molar-refractivity contribution in [1.82, 2.24) is 9.80 Å². The van der Waals surface area contributed by atoms with Crippen LogP contribution >= 0.6 is 0 Å². The van der Waals surface area contributed by atoms with E-state index in [9.17, 15) is 9.90 Å². The Morgan fingerprint density at radius 3 is 2.76 bits per heavy atom. The number of benzene rings is 3. The standard InChI is InChI=1S/C36H38N2O3/c1-23-8-7-11-26(20-23)12-15-32(40)37(3)29-14-13-28-30-22-27-24(2)21-31(39)34-33(27)36(28,35(29)41-34)17-19-38(30)18-16-25-9-5-4-6-10-25/h4-11,20-21,28-30,35,39H,13-14,16-19,22H2,1-3H3/t28-,29-,30+,35-,36-/m0/s1. The van der Waals surface area contributed by atoms with Gasteiger partial charge >= 0.3 is 0 Å². The number of carbonyl (C=O) groups excluding carboxylic acids is 1. The normalized spacial score (nSPS) is 27.3. The van der Waals surface area contributed by atoms with E-state index >= 15 is 0 Å². The van der Waals surface area contributed by atoms with Gasteiger partial charge in [-0.2, -0.15) is 0 Å². The number of piperidine rings is 1. The first-order valence-corrected chi connectivity index (χ1v) is 15.0. The SMILES string of the molecule is Cc1cccc(C#CC(=O)N(C)[C@H]2CC[C@H]3[C@H]4Cc5c(C)cc(O)c6c5[C@@]3(CCN4CCc3ccccc3)[C@H]2O6)c1. The van der Waals surface area contributed by atoms with Gasteiger partial charge in [0.25, 0.3) is 5.91 Å². The van der Waals surface area contributed by atoms with E-state index in [-0.39, 0.29) is 29.2 Å². The first kappa shape index (κ1) is 26.2. The summed E-state index contributed by atoms with van der Waals surface area (Å²) in [5, 5.41) is 11.1. The van der Waals surface area contributed by atoms with E-state index in [1.807, 2.05) is 49.2 Å². The Balaban J connectivity index is 1.21. The van der Waals surface area contributed by atoms with Crippen molar-refractivity contribution in [2.24, 2.45) is 5.92 Å². The van der Waals surface area contributed by atoms with Gasteiger partial charge in [-0.25, -0.2) is 0 Å². The molecule has 5 atom stereocenters. The number of amides is 1. The number of hydrogen-bond donors (Lipinski definition) is 1. The highest BCUT2D eigenvalue weighted by atomic mass is 16.5. The third kappa shape index (κ3) is 4.15. The quantitative estimate of drug-likeness (QED) is 0.459. The molecule has 2 heterocycles. The summed E-state index contributed by atoms with van der Waals surface area (Å²) in [5.74, 6) is 7.13. The molecule has 7 rings (SSSR count). The Morgan fingerprint density at radius 1 is 1.12 bits per heavy atom. The lowest BCUT2D eigenvalue weighted by Crippen LogP contribution is -2.69. The molecule has 2 aliphatic heterocycles. The molecule has 210 valence electrons. The molecule has 4 aliphatic rings. The zero-order valence-corrected chi connectivity index (χ0v) is 24.2. The number of nitrogens with zero attached hydrogens (tertiary/aromatic N) is 2. The maximum Gasteiger partial charge on any atom is 0.298 e. The monoisotopic (exact) mass is 546 g/mol. The molecule has 1 spiro atoms. The molecule has 5 heteroatoms. The molecule has 3 aromatic rings. The lowest BCUT2D eigenvalue weighted by atomic mass is 9.50. The Kier molecular flexibility index (Phi) is 6.36. The van der Waals surface area contributed by atoms with Crippen LogP contribution in [0.2, 0.25) is 0 Å². The van der Waals surface area contributed by atoms with Crippen LogP contribution in [0.4, 0.5) is 0 Å². The average molecular weight is 547 g/mol. The van der Waals surface area contributed by atoms with Crippen molar-refractivity contribution in [3.05, 3.63) is 94.0 Å². The summed E-state index contributed by atoms with van der Waals surface area (Å²) in [6.07, 6.45) is 4.74. The van der Waals surface area contributed by atoms with Crippen LogP contribution in [0.1, 0.15) is 52.6 Å². The predicted octanol–water partition coefficient (Wildman–Crippen LogP) is 5.17. The van der Waals surface area contributed by atoms with E-state index in [4.69, 9.17) is 4.74 Å². The number of phenolic OH excluding ortho intramolecular Hbond substituents is 1. The Morgan fingerprint density at radius 2 is 1.95 bits per heavy atom. The summed E-state index contributed by atoms with van der Waals surface area (Å²) in [6, 6.07) is 20.9. The molecule has 1 N–H and O–H groups in total. The lowest BCUT2D eigenvalue weighted by Gasteiger charge is -2.60. The zero-order valence-electron chi connectivity index (χ0n) is 24.2. The van der Waals surface area contributed by atoms with E-state index in [0.717, 1.165) is 61.9 Å². The van der Waals surface area contributed by atoms with Crippen LogP contribution in [0.25, 0.3) is 0 Å². The second-order valence-corrected chi connectivity index (χ2v) is 12.6. The molecule has 5 nitrogen and oxygen atoms in total. The van der Waals surface area contributed by atoms with Crippen molar-refractivity contribution in [1.29, 1.82) is 0 Å². The second kappa shape index (κ2) is 9.96. The van der Waals surface area contributed by atoms with Crippen LogP contribution in [-0.2, 0) is 23.1 Å². The number of likely N-dealkylation sites (tertiary alicyclic amines) is 1. The number of ether oxygens (including phenoxy) is 1. The molecule has 1 saturated carbocycles. The Bertz CT molecular complexity index is 1570. The van der Waals surface area contributed by atoms with E-state index in [0.29, 0.717) is 17.7 Å². The minimum atomic E-state index is -0.193. The summed E-state index contributed by atoms with van der Waals surface area (Å²) >= 11 is 0. The van der Waals surface area contributed by atoms with Gasteiger partial charge in [0.05, 0.1) is 6.04 Å². The molecule has 0 aromatic heterocycles. The largest absolute Gasteiger partial charge is 0.504 e. The van der Waals surface area contributed by atoms with Gasteiger partial charge in [0.15, 0.2) is 11.5 Å². The second-order valence-electron chi connectivity index (χ2n) is 12.6. The predicted molar refractivity (Wildman–Crippen MR) is 160 cm³/mol. The average Bonchev–Trinajstić information content (AvgIpc) is 3.32. The molecule has 1 amide bonds. The van der Waals surface area contributed by atoms with Gasteiger partial charge in [-0.3, -0.25) is 9.69 Å². The van der Waals surface area contributed by atoms with Gasteiger partial charge in [-0.05, 0) is 98.9 Å². The molecule has 2 aliphatic carbocycles. The molecule has 3 aromatic carbocycles. The van der Waals surface area contributed by atoms with Gasteiger partial charge in [0.2, 0.25) is 0 Å². The number of aryl methyl sites for hydroxylation is 2. The molecule has 2 fully saturated rings. The number of hydrogen-bond acceptors (Lipinski definition) is 4. The van der Waals surface area contributed by atoms with Crippen LogP contribution in [0.15, 0.2) is 60.7 Å². The molecule has 0 unspecified atom stereocenters. The van der Waals surface area contributed by atoms with Crippen LogP contribution in [0.3, 0.4) is 0 Å². The van der Waals surface area contributed by atoms with E-state index in [2.05, 4.69) is 54.0 Å². The first-order chi connectivity index (χ1) is 19.9. The smallest absolute Gasteiger partial charge is 0.298 e. The van der Waals surface area contributed by atoms with Crippen molar-refractivity contribution in [3.63, 3.8) is 0 Å². The van der Waals surface area contributed by atoms with E-state index < -0.39 is 0 Å². The minimum Gasteiger partial charge on any atom is -0.504 e. The van der Waals surface area contributed by atoms with Gasteiger partial charge < -0.3 is 14.7 Å². The fourth-order valence-electron chi connectivity index (χ4n) is 8.54. The third-order valence-electron chi connectivity index (χ3n) is 10.4. The zero-order chi connectivity index (χ0) is 28.3. The Hall–Kier alpha value is -3.75. The van der Waals surface area contributed by atoms with Crippen molar-refractivity contribution < 1.29 is 14.6 Å². The van der Waals surface area contributed by atoms with Crippen LogP contribution in [0.5, 0.6) is 11.5 Å². The Labute approximate surface area is 243 Å². The van der Waals surface area contributed by atoms with E-state index in [1.165, 1.54) is 16.7 Å². The van der Waals surface area contributed by atoms with Crippen molar-refractivity contribution in [2.45, 2.75) is 69.6 Å². The first-order valence-electron chi connectivity index (χ1n) is 15.0. The maximum absolute atomic E-state index is 13.4. The molecule has 0 radical (unpaired) electrons. The van der Waals surface area contributed by atoms with Crippen LogP contribution < -0.4 is 4.74 Å². The van der Waals surface area contributed by atoms with Gasteiger partial charge in [0.1, 0.15) is 6.10 Å². The number of rotatable bonds is 4. The van der Waals surface area contributed by atoms with Gasteiger partial charge in [-0.1, -0.05) is 48.4 Å². The van der Waals surface area contributed by atoms with E-state index in [1.54, 1.807) is 0 Å². The molecular weight excluding hydrogens is 508 g/mol.